The fraction of sp³-hybridized carbons (Fsp3) is 0.355. The van der Waals surface area contributed by atoms with Crippen LogP contribution in [0.25, 0.3) is 16.7 Å². The van der Waals surface area contributed by atoms with Gasteiger partial charge in [0.2, 0.25) is 0 Å². The molecule has 1 fully saturated rings. The highest BCUT2D eigenvalue weighted by molar-refractivity contribution is 5.85. The van der Waals surface area contributed by atoms with E-state index in [9.17, 15) is 4.79 Å². The number of fused-ring (bicyclic) bond motifs is 4. The van der Waals surface area contributed by atoms with Crippen LogP contribution in [-0.2, 0) is 24.9 Å². The van der Waals surface area contributed by atoms with Crippen LogP contribution in [0.2, 0.25) is 0 Å². The van der Waals surface area contributed by atoms with Gasteiger partial charge in [0, 0.05) is 35.6 Å². The van der Waals surface area contributed by atoms with Crippen molar-refractivity contribution in [3.8, 4) is 5.82 Å². The minimum atomic E-state index is -0.0247. The third kappa shape index (κ3) is 3.57. The Morgan fingerprint density at radius 2 is 1.92 bits per heavy atom. The smallest absolute Gasteiger partial charge is 0.275 e. The van der Waals surface area contributed by atoms with Crippen LogP contribution in [0.5, 0.6) is 0 Å². The third-order valence-corrected chi connectivity index (χ3v) is 8.59. The van der Waals surface area contributed by atoms with Crippen LogP contribution < -0.4 is 10.9 Å². The predicted octanol–water partition coefficient (Wildman–Crippen LogP) is 5.64. The number of benzene rings is 2. The van der Waals surface area contributed by atoms with E-state index in [1.165, 1.54) is 29.5 Å². The van der Waals surface area contributed by atoms with Crippen molar-refractivity contribution in [2.45, 2.75) is 57.0 Å². The topological polar surface area (TPSA) is 55.1 Å². The van der Waals surface area contributed by atoms with E-state index >= 15 is 0 Å². The fourth-order valence-electron chi connectivity index (χ4n) is 6.63. The molecule has 0 amide bonds. The quantitative estimate of drug-likeness (QED) is 0.367. The lowest BCUT2D eigenvalue weighted by molar-refractivity contribution is 0.271. The van der Waals surface area contributed by atoms with E-state index in [0.717, 1.165) is 54.3 Å². The van der Waals surface area contributed by atoms with E-state index < -0.39 is 0 Å². The molecule has 4 aromatic rings. The molecule has 188 valence electrons. The Bertz CT molecular complexity index is 1620. The number of nitrogens with one attached hydrogen (secondary N) is 1. The van der Waals surface area contributed by atoms with Gasteiger partial charge in [-0.2, -0.15) is 0 Å². The van der Waals surface area contributed by atoms with Crippen molar-refractivity contribution in [1.82, 2.24) is 19.2 Å². The summed E-state index contributed by atoms with van der Waals surface area (Å²) in [6.45, 7) is 8.69. The molecule has 3 aliphatic rings. The zero-order valence-corrected chi connectivity index (χ0v) is 21.6. The summed E-state index contributed by atoms with van der Waals surface area (Å²) < 4.78 is 3.70. The molecule has 1 atom stereocenters. The molecule has 37 heavy (non-hydrogen) atoms. The maximum absolute atomic E-state index is 13.4. The highest BCUT2D eigenvalue weighted by Crippen LogP contribution is 2.52. The molecule has 2 aliphatic carbocycles. The van der Waals surface area contributed by atoms with Crippen LogP contribution in [0, 0.1) is 0 Å². The van der Waals surface area contributed by atoms with Gasteiger partial charge in [0.15, 0.2) is 5.82 Å². The monoisotopic (exact) mass is 491 g/mol. The molecule has 1 spiro atoms. The molecule has 6 nitrogen and oxygen atoms in total. The largest absolute Gasteiger partial charge is 0.355 e. The Morgan fingerprint density at radius 3 is 2.73 bits per heavy atom. The number of aromatic nitrogens is 3. The predicted molar refractivity (Wildman–Crippen MR) is 149 cm³/mol. The van der Waals surface area contributed by atoms with Crippen molar-refractivity contribution < 1.29 is 0 Å². The molecule has 1 unspecified atom stereocenters. The third-order valence-electron chi connectivity index (χ3n) is 8.59. The maximum Gasteiger partial charge on any atom is 0.275 e. The summed E-state index contributed by atoms with van der Waals surface area (Å²) in [5, 5.41) is 4.30. The van der Waals surface area contributed by atoms with Gasteiger partial charge < -0.3 is 10.2 Å². The first-order valence-electron chi connectivity index (χ1n) is 13.4. The van der Waals surface area contributed by atoms with E-state index in [2.05, 4.69) is 61.1 Å². The fourth-order valence-corrected chi connectivity index (χ4v) is 6.63. The maximum atomic E-state index is 13.4. The highest BCUT2D eigenvalue weighted by Gasteiger charge is 2.48. The Hall–Kier alpha value is -3.64. The van der Waals surface area contributed by atoms with E-state index in [1.54, 1.807) is 10.8 Å². The second kappa shape index (κ2) is 8.18. The number of aryl methyl sites for hydroxylation is 1. The van der Waals surface area contributed by atoms with Crippen LogP contribution in [0.15, 0.2) is 66.0 Å². The summed E-state index contributed by atoms with van der Waals surface area (Å²) in [7, 11) is 2.22. The first kappa shape index (κ1) is 22.5. The first-order valence-corrected chi connectivity index (χ1v) is 13.4. The van der Waals surface area contributed by atoms with Gasteiger partial charge in [0.05, 0.1) is 17.4 Å². The lowest BCUT2D eigenvalue weighted by Crippen LogP contribution is -2.35. The molecule has 0 bridgehead atoms. The van der Waals surface area contributed by atoms with Gasteiger partial charge >= 0.3 is 0 Å². The van der Waals surface area contributed by atoms with Crippen LogP contribution >= 0.6 is 0 Å². The lowest BCUT2D eigenvalue weighted by atomic mass is 9.87. The Labute approximate surface area is 217 Å². The molecule has 3 heterocycles. The molecule has 7 rings (SSSR count). The molecule has 1 aliphatic heterocycles. The van der Waals surface area contributed by atoms with Gasteiger partial charge in [-0.25, -0.2) is 14.3 Å². The molecule has 1 saturated carbocycles. The van der Waals surface area contributed by atoms with Crippen LogP contribution in [0.3, 0.4) is 0 Å². The van der Waals surface area contributed by atoms with Gasteiger partial charge in [0.25, 0.3) is 5.56 Å². The van der Waals surface area contributed by atoms with Crippen molar-refractivity contribution in [2.24, 2.45) is 0 Å². The Balaban J connectivity index is 1.31. The highest BCUT2D eigenvalue weighted by atomic mass is 16.1. The number of hydrogen-bond donors (Lipinski definition) is 1. The summed E-state index contributed by atoms with van der Waals surface area (Å²) in [6.07, 6.45) is 6.55. The standard InChI is InChI=1S/C31H33N5O/c1-4-15-35-30(37)25-10-8-24(17-27(25)36(35)28-12-7-21-6-5-20(2)29(21)33-28)32-23-9-11-26-22(16-23)18-34(3)19-31(26)13-14-31/h4,7-12,16-17,20,32H,1,5-6,13-15,18-19H2,2-3H3. The summed E-state index contributed by atoms with van der Waals surface area (Å²) >= 11 is 0. The van der Waals surface area contributed by atoms with E-state index in [-0.39, 0.29) is 5.56 Å². The molecular weight excluding hydrogens is 458 g/mol. The second-order valence-corrected chi connectivity index (χ2v) is 11.3. The average molecular weight is 492 g/mol. The van der Waals surface area contributed by atoms with Crippen molar-refractivity contribution in [1.29, 1.82) is 0 Å². The summed E-state index contributed by atoms with van der Waals surface area (Å²) in [4.78, 5) is 20.9. The lowest BCUT2D eigenvalue weighted by Gasteiger charge is -2.33. The number of hydrogen-bond acceptors (Lipinski definition) is 4. The summed E-state index contributed by atoms with van der Waals surface area (Å²) in [5.74, 6) is 1.22. The van der Waals surface area contributed by atoms with E-state index in [4.69, 9.17) is 4.98 Å². The van der Waals surface area contributed by atoms with Crippen molar-refractivity contribution in [3.63, 3.8) is 0 Å². The molecule has 0 radical (unpaired) electrons. The number of likely N-dealkylation sites (N-methyl/N-ethyl adjacent to an activating group) is 1. The van der Waals surface area contributed by atoms with E-state index in [0.29, 0.717) is 23.3 Å². The number of allylic oxidation sites excluding steroid dienone is 1. The van der Waals surface area contributed by atoms with Crippen molar-refractivity contribution >= 4 is 22.3 Å². The molecule has 2 aromatic carbocycles. The zero-order valence-electron chi connectivity index (χ0n) is 21.6. The van der Waals surface area contributed by atoms with Crippen LogP contribution in [0.1, 0.15) is 54.5 Å². The second-order valence-electron chi connectivity index (χ2n) is 11.3. The summed E-state index contributed by atoms with van der Waals surface area (Å²) in [5.41, 5.74) is 8.65. The molecule has 2 aromatic heterocycles. The van der Waals surface area contributed by atoms with Gasteiger partial charge in [-0.15, -0.1) is 6.58 Å². The van der Waals surface area contributed by atoms with Gasteiger partial charge in [-0.3, -0.25) is 4.79 Å². The summed E-state index contributed by atoms with van der Waals surface area (Å²) in [6, 6.07) is 17.0. The van der Waals surface area contributed by atoms with Crippen molar-refractivity contribution in [3.05, 3.63) is 93.9 Å². The number of nitrogens with zero attached hydrogens (tertiary/aromatic N) is 4. The SMILES string of the molecule is C=CCn1c(=O)c2ccc(Nc3ccc4c(c3)CN(C)CC43CC3)cc2n1-c1ccc2c(n1)C(C)CC2. The minimum absolute atomic E-state index is 0.0247. The zero-order chi connectivity index (χ0) is 25.3. The molecule has 1 N–H and O–H groups in total. The first-order chi connectivity index (χ1) is 18.0. The Morgan fingerprint density at radius 1 is 1.11 bits per heavy atom. The van der Waals surface area contributed by atoms with E-state index in [1.807, 2.05) is 22.9 Å². The van der Waals surface area contributed by atoms with Crippen LogP contribution in [0.4, 0.5) is 11.4 Å². The minimum Gasteiger partial charge on any atom is -0.355 e. The van der Waals surface area contributed by atoms with Gasteiger partial charge in [0.1, 0.15) is 0 Å². The van der Waals surface area contributed by atoms with Gasteiger partial charge in [-0.05, 0) is 91.7 Å². The molecular formula is C31H33N5O. The normalized spacial score (nSPS) is 19.7. The average Bonchev–Trinajstić information content (AvgIpc) is 3.47. The Kier molecular flexibility index (Phi) is 4.99. The number of anilines is 2. The molecule has 6 heteroatoms. The molecule has 0 saturated heterocycles. The number of rotatable bonds is 5. The van der Waals surface area contributed by atoms with Gasteiger partial charge in [-0.1, -0.05) is 25.1 Å². The number of pyridine rings is 1. The van der Waals surface area contributed by atoms with Crippen LogP contribution in [-0.4, -0.2) is 32.8 Å². The van der Waals surface area contributed by atoms with Crippen molar-refractivity contribution in [2.75, 3.05) is 18.9 Å².